The molecule has 0 heterocycles. The van der Waals surface area contributed by atoms with Crippen molar-refractivity contribution in [1.82, 2.24) is 10.6 Å². The molecule has 0 bridgehead atoms. The van der Waals surface area contributed by atoms with Crippen molar-refractivity contribution in [2.75, 3.05) is 26.3 Å². The molecule has 0 atom stereocenters. The van der Waals surface area contributed by atoms with E-state index in [0.29, 0.717) is 38.1 Å². The number of benzene rings is 2. The van der Waals surface area contributed by atoms with Gasteiger partial charge in [0.1, 0.15) is 11.5 Å². The fraction of sp³-hybridized carbons (Fsp3) is 0.348. The van der Waals surface area contributed by atoms with Gasteiger partial charge in [0, 0.05) is 25.1 Å². The second-order valence-electron chi connectivity index (χ2n) is 6.63. The van der Waals surface area contributed by atoms with Crippen LogP contribution in [0, 0.1) is 6.92 Å². The molecule has 0 aromatic heterocycles. The molecular formula is C23H28N2O6. The summed E-state index contributed by atoms with van der Waals surface area (Å²) in [6.07, 6.45) is 0.159. The van der Waals surface area contributed by atoms with E-state index in [1.165, 1.54) is 24.3 Å². The Labute approximate surface area is 181 Å². The van der Waals surface area contributed by atoms with Crippen LogP contribution in [0.5, 0.6) is 11.5 Å². The Bertz CT molecular complexity index is 867. The van der Waals surface area contributed by atoms with Gasteiger partial charge in [0.15, 0.2) is 0 Å². The molecular weight excluding hydrogens is 400 g/mol. The van der Waals surface area contributed by atoms with Gasteiger partial charge in [-0.05, 0) is 56.2 Å². The molecule has 2 amide bonds. The van der Waals surface area contributed by atoms with E-state index in [0.717, 1.165) is 11.3 Å². The number of para-hydroxylation sites is 1. The molecule has 31 heavy (non-hydrogen) atoms. The van der Waals surface area contributed by atoms with E-state index >= 15 is 0 Å². The van der Waals surface area contributed by atoms with Crippen LogP contribution in [0.4, 0.5) is 4.79 Å². The summed E-state index contributed by atoms with van der Waals surface area (Å²) in [4.78, 5) is 35.3. The van der Waals surface area contributed by atoms with Crippen LogP contribution < -0.4 is 20.1 Å². The lowest BCUT2D eigenvalue weighted by Crippen LogP contribution is -2.34. The van der Waals surface area contributed by atoms with Crippen LogP contribution in [0.3, 0.4) is 0 Å². The lowest BCUT2D eigenvalue weighted by Gasteiger charge is -2.09. The topological polar surface area (TPSA) is 103 Å². The summed E-state index contributed by atoms with van der Waals surface area (Å²) in [6.45, 7) is 4.96. The molecule has 0 saturated heterocycles. The van der Waals surface area contributed by atoms with Crippen molar-refractivity contribution in [3.63, 3.8) is 0 Å². The van der Waals surface area contributed by atoms with Gasteiger partial charge in [-0.15, -0.1) is 0 Å². The van der Waals surface area contributed by atoms with Crippen LogP contribution in [0.15, 0.2) is 48.5 Å². The Kier molecular flexibility index (Phi) is 9.87. The fourth-order valence-electron chi connectivity index (χ4n) is 2.62. The van der Waals surface area contributed by atoms with Crippen molar-refractivity contribution in [2.24, 2.45) is 0 Å². The Morgan fingerprint density at radius 1 is 0.935 bits per heavy atom. The number of amides is 2. The molecule has 0 saturated carbocycles. The predicted molar refractivity (Wildman–Crippen MR) is 115 cm³/mol. The number of ether oxygens (including phenoxy) is 3. The van der Waals surface area contributed by atoms with Crippen molar-refractivity contribution in [2.45, 2.75) is 26.7 Å². The van der Waals surface area contributed by atoms with E-state index in [4.69, 9.17) is 9.47 Å². The lowest BCUT2D eigenvalue weighted by molar-refractivity contribution is -0.121. The first-order valence-electron chi connectivity index (χ1n) is 10.2. The maximum atomic E-state index is 12.1. The van der Waals surface area contributed by atoms with Gasteiger partial charge in [-0.3, -0.25) is 9.59 Å². The van der Waals surface area contributed by atoms with Gasteiger partial charge in [0.25, 0.3) is 5.91 Å². The summed E-state index contributed by atoms with van der Waals surface area (Å²) in [5, 5.41) is 5.48. The molecule has 2 aromatic rings. The van der Waals surface area contributed by atoms with Gasteiger partial charge in [-0.2, -0.15) is 0 Å². The summed E-state index contributed by atoms with van der Waals surface area (Å²) in [5.74, 6) is 0.728. The van der Waals surface area contributed by atoms with Crippen LogP contribution in [-0.4, -0.2) is 44.3 Å². The third-order valence-corrected chi connectivity index (χ3v) is 4.21. The maximum Gasteiger partial charge on any atom is 0.513 e. The summed E-state index contributed by atoms with van der Waals surface area (Å²) < 4.78 is 15.3. The Balaban J connectivity index is 1.59. The highest BCUT2D eigenvalue weighted by Crippen LogP contribution is 2.16. The molecule has 0 aliphatic carbocycles. The third kappa shape index (κ3) is 8.77. The Morgan fingerprint density at radius 3 is 2.35 bits per heavy atom. The molecule has 166 valence electrons. The molecule has 0 spiro atoms. The average Bonchev–Trinajstić information content (AvgIpc) is 2.76. The zero-order valence-electron chi connectivity index (χ0n) is 17.8. The largest absolute Gasteiger partial charge is 0.513 e. The number of rotatable bonds is 11. The minimum Gasteiger partial charge on any atom is -0.493 e. The first-order valence-corrected chi connectivity index (χ1v) is 10.2. The van der Waals surface area contributed by atoms with Crippen molar-refractivity contribution >= 4 is 18.0 Å². The van der Waals surface area contributed by atoms with Crippen molar-refractivity contribution in [3.8, 4) is 11.5 Å². The van der Waals surface area contributed by atoms with E-state index in [1.807, 2.05) is 31.2 Å². The summed E-state index contributed by atoms with van der Waals surface area (Å²) in [5.41, 5.74) is 1.47. The first-order chi connectivity index (χ1) is 15.0. The van der Waals surface area contributed by atoms with Crippen LogP contribution >= 0.6 is 0 Å². The SMILES string of the molecule is CCOC(=O)Oc1ccc(C(=O)NCCNC(=O)CCCOc2ccccc2C)cc1. The normalized spacial score (nSPS) is 10.1. The zero-order valence-corrected chi connectivity index (χ0v) is 17.8. The van der Waals surface area contributed by atoms with Gasteiger partial charge in [0.2, 0.25) is 5.91 Å². The molecule has 0 fully saturated rings. The standard InChI is InChI=1S/C23H28N2O6/c1-3-29-23(28)31-19-12-10-18(11-13-19)22(27)25-15-14-24-21(26)9-6-16-30-20-8-5-4-7-17(20)2/h4-5,7-8,10-13H,3,6,9,14-16H2,1-2H3,(H,24,26)(H,25,27). The molecule has 2 N–H and O–H groups in total. The smallest absolute Gasteiger partial charge is 0.493 e. The minimum absolute atomic E-state index is 0.0944. The summed E-state index contributed by atoms with van der Waals surface area (Å²) >= 11 is 0. The van der Waals surface area contributed by atoms with Crippen molar-refractivity contribution in [1.29, 1.82) is 0 Å². The summed E-state index contributed by atoms with van der Waals surface area (Å²) in [7, 11) is 0. The first kappa shape index (κ1) is 23.7. The Hall–Kier alpha value is -3.55. The van der Waals surface area contributed by atoms with E-state index < -0.39 is 6.16 Å². The molecule has 2 aromatic carbocycles. The second-order valence-corrected chi connectivity index (χ2v) is 6.63. The van der Waals surface area contributed by atoms with E-state index in [-0.39, 0.29) is 24.2 Å². The predicted octanol–water partition coefficient (Wildman–Crippen LogP) is 3.24. The summed E-state index contributed by atoms with van der Waals surface area (Å²) in [6, 6.07) is 13.8. The van der Waals surface area contributed by atoms with Gasteiger partial charge in [-0.25, -0.2) is 4.79 Å². The molecule has 0 unspecified atom stereocenters. The molecule has 2 rings (SSSR count). The molecule has 8 heteroatoms. The zero-order chi connectivity index (χ0) is 22.5. The van der Waals surface area contributed by atoms with E-state index in [1.54, 1.807) is 6.92 Å². The minimum atomic E-state index is -0.794. The molecule has 0 aliphatic rings. The molecule has 0 aliphatic heterocycles. The van der Waals surface area contributed by atoms with E-state index in [2.05, 4.69) is 15.4 Å². The van der Waals surface area contributed by atoms with Crippen molar-refractivity contribution < 1.29 is 28.6 Å². The monoisotopic (exact) mass is 428 g/mol. The highest BCUT2D eigenvalue weighted by Gasteiger charge is 2.08. The number of hydrogen-bond acceptors (Lipinski definition) is 6. The Morgan fingerprint density at radius 2 is 1.65 bits per heavy atom. The molecule has 0 radical (unpaired) electrons. The van der Waals surface area contributed by atoms with Gasteiger partial charge >= 0.3 is 6.16 Å². The number of nitrogens with one attached hydrogen (secondary N) is 2. The highest BCUT2D eigenvalue weighted by atomic mass is 16.7. The van der Waals surface area contributed by atoms with E-state index in [9.17, 15) is 14.4 Å². The number of carbonyl (C=O) groups is 3. The lowest BCUT2D eigenvalue weighted by atomic mass is 10.2. The van der Waals surface area contributed by atoms with Crippen LogP contribution in [0.2, 0.25) is 0 Å². The average molecular weight is 428 g/mol. The van der Waals surface area contributed by atoms with Gasteiger partial charge in [0.05, 0.1) is 13.2 Å². The third-order valence-electron chi connectivity index (χ3n) is 4.21. The maximum absolute atomic E-state index is 12.1. The highest BCUT2D eigenvalue weighted by molar-refractivity contribution is 5.94. The molecule has 8 nitrogen and oxygen atoms in total. The van der Waals surface area contributed by atoms with Crippen molar-refractivity contribution in [3.05, 3.63) is 59.7 Å². The quantitative estimate of drug-likeness (QED) is 0.324. The number of hydrogen-bond donors (Lipinski definition) is 2. The fourth-order valence-corrected chi connectivity index (χ4v) is 2.62. The number of aryl methyl sites for hydroxylation is 1. The van der Waals surface area contributed by atoms with Gasteiger partial charge in [-0.1, -0.05) is 18.2 Å². The van der Waals surface area contributed by atoms with Crippen LogP contribution in [0.1, 0.15) is 35.7 Å². The number of carbonyl (C=O) groups excluding carboxylic acids is 3. The second kappa shape index (κ2) is 12.9. The van der Waals surface area contributed by atoms with Crippen LogP contribution in [0.25, 0.3) is 0 Å². The van der Waals surface area contributed by atoms with Crippen LogP contribution in [-0.2, 0) is 9.53 Å². The van der Waals surface area contributed by atoms with Gasteiger partial charge < -0.3 is 24.8 Å².